The summed E-state index contributed by atoms with van der Waals surface area (Å²) in [6.45, 7) is 1.51. The van der Waals surface area contributed by atoms with Gasteiger partial charge in [0.05, 0.1) is 18.9 Å². The van der Waals surface area contributed by atoms with Crippen molar-refractivity contribution < 1.29 is 23.7 Å². The van der Waals surface area contributed by atoms with Crippen molar-refractivity contribution in [2.75, 3.05) is 7.11 Å². The first kappa shape index (κ1) is 15.1. The third-order valence-corrected chi connectivity index (χ3v) is 3.52. The summed E-state index contributed by atoms with van der Waals surface area (Å²) < 4.78 is 15.8. The molecule has 0 bridgehead atoms. The van der Waals surface area contributed by atoms with Crippen LogP contribution >= 0.6 is 0 Å². The molecule has 0 saturated heterocycles. The first-order chi connectivity index (χ1) is 11.3. The smallest absolute Gasteiger partial charge is 0.337 e. The van der Waals surface area contributed by atoms with Crippen LogP contribution in [0.25, 0.3) is 11.3 Å². The summed E-state index contributed by atoms with van der Waals surface area (Å²) in [5, 5.41) is 2.11. The lowest BCUT2D eigenvalue weighted by Crippen LogP contribution is -2.80. The van der Waals surface area contributed by atoms with Gasteiger partial charge in [-0.1, -0.05) is 12.1 Å². The fourth-order valence-electron chi connectivity index (χ4n) is 2.32. The Morgan fingerprint density at radius 3 is 2.52 bits per heavy atom. The maximum Gasteiger partial charge on any atom is 0.337 e. The summed E-state index contributed by atoms with van der Waals surface area (Å²) in [6.07, 6.45) is 1.67. The Morgan fingerprint density at radius 1 is 1.04 bits per heavy atom. The minimum Gasteiger partial charge on any atom is -0.465 e. The molecule has 0 aliphatic carbocycles. The SMILES string of the molecule is COC(=O)c1ccc(-c2ccc(C[NH2+]Cc3ccco3)o2)cc1. The fourth-order valence-corrected chi connectivity index (χ4v) is 2.32. The van der Waals surface area contributed by atoms with Crippen molar-refractivity contribution in [2.24, 2.45) is 0 Å². The molecule has 2 aromatic heterocycles. The van der Waals surface area contributed by atoms with Gasteiger partial charge in [-0.2, -0.15) is 0 Å². The Hall–Kier alpha value is -2.79. The topological polar surface area (TPSA) is 69.2 Å². The zero-order valence-electron chi connectivity index (χ0n) is 12.8. The highest BCUT2D eigenvalue weighted by Gasteiger charge is 2.09. The highest BCUT2D eigenvalue weighted by Crippen LogP contribution is 2.22. The molecule has 0 aliphatic heterocycles. The van der Waals surface area contributed by atoms with Crippen LogP contribution in [0.2, 0.25) is 0 Å². The molecule has 5 heteroatoms. The molecular weight excluding hydrogens is 294 g/mol. The summed E-state index contributed by atoms with van der Waals surface area (Å²) >= 11 is 0. The number of carbonyl (C=O) groups is 1. The maximum atomic E-state index is 11.4. The number of carbonyl (C=O) groups excluding carboxylic acids is 1. The summed E-state index contributed by atoms with van der Waals surface area (Å²) in [4.78, 5) is 11.4. The Bertz CT molecular complexity index is 757. The van der Waals surface area contributed by atoms with Crippen molar-refractivity contribution in [3.63, 3.8) is 0 Å². The van der Waals surface area contributed by atoms with E-state index in [1.165, 1.54) is 7.11 Å². The second-order valence-corrected chi connectivity index (χ2v) is 5.11. The van der Waals surface area contributed by atoms with Crippen LogP contribution in [0.5, 0.6) is 0 Å². The van der Waals surface area contributed by atoms with E-state index in [4.69, 9.17) is 8.83 Å². The van der Waals surface area contributed by atoms with Gasteiger partial charge in [0, 0.05) is 5.56 Å². The Kier molecular flexibility index (Phi) is 4.59. The number of esters is 1. The molecule has 2 N–H and O–H groups in total. The normalized spacial score (nSPS) is 10.7. The van der Waals surface area contributed by atoms with Gasteiger partial charge >= 0.3 is 5.97 Å². The van der Waals surface area contributed by atoms with E-state index in [0.717, 1.165) is 35.9 Å². The maximum absolute atomic E-state index is 11.4. The van der Waals surface area contributed by atoms with Crippen LogP contribution in [-0.2, 0) is 17.8 Å². The largest absolute Gasteiger partial charge is 0.465 e. The summed E-state index contributed by atoms with van der Waals surface area (Å²) in [6, 6.07) is 14.9. The van der Waals surface area contributed by atoms with Gasteiger partial charge in [0.1, 0.15) is 18.8 Å². The van der Waals surface area contributed by atoms with Crippen LogP contribution in [0, 0.1) is 0 Å². The van der Waals surface area contributed by atoms with E-state index in [9.17, 15) is 4.79 Å². The average Bonchev–Trinajstić information content (AvgIpc) is 3.26. The number of hydrogen-bond acceptors (Lipinski definition) is 4. The van der Waals surface area contributed by atoms with Gasteiger partial charge in [0.2, 0.25) is 0 Å². The zero-order valence-corrected chi connectivity index (χ0v) is 12.8. The third kappa shape index (κ3) is 3.70. The number of furan rings is 2. The van der Waals surface area contributed by atoms with Crippen molar-refractivity contribution in [2.45, 2.75) is 13.1 Å². The molecule has 0 saturated carbocycles. The molecule has 5 nitrogen and oxygen atoms in total. The van der Waals surface area contributed by atoms with Crippen LogP contribution in [0.1, 0.15) is 21.9 Å². The number of nitrogens with two attached hydrogens (primary N) is 1. The average molecular weight is 312 g/mol. The van der Waals surface area contributed by atoms with Gasteiger partial charge < -0.3 is 18.9 Å². The first-order valence-corrected chi connectivity index (χ1v) is 7.38. The summed E-state index contributed by atoms with van der Waals surface area (Å²) in [5.74, 6) is 2.27. The lowest BCUT2D eigenvalue weighted by Gasteiger charge is -2.01. The highest BCUT2D eigenvalue weighted by molar-refractivity contribution is 5.89. The van der Waals surface area contributed by atoms with E-state index in [1.807, 2.05) is 36.4 Å². The predicted octanol–water partition coefficient (Wildman–Crippen LogP) is 2.59. The molecule has 2 heterocycles. The predicted molar refractivity (Wildman–Crippen MR) is 83.5 cm³/mol. The lowest BCUT2D eigenvalue weighted by molar-refractivity contribution is -0.689. The van der Waals surface area contributed by atoms with Crippen LogP contribution < -0.4 is 5.32 Å². The van der Waals surface area contributed by atoms with E-state index in [0.29, 0.717) is 5.56 Å². The number of quaternary nitrogens is 1. The number of ether oxygens (including phenoxy) is 1. The second-order valence-electron chi connectivity index (χ2n) is 5.11. The molecule has 0 atom stereocenters. The molecule has 0 unspecified atom stereocenters. The second kappa shape index (κ2) is 6.98. The quantitative estimate of drug-likeness (QED) is 0.710. The van der Waals surface area contributed by atoms with Crippen molar-refractivity contribution in [1.29, 1.82) is 0 Å². The number of rotatable bonds is 6. The van der Waals surface area contributed by atoms with Crippen molar-refractivity contribution in [3.8, 4) is 11.3 Å². The van der Waals surface area contributed by atoms with E-state index in [-0.39, 0.29) is 5.97 Å². The molecule has 1 aromatic carbocycles. The van der Waals surface area contributed by atoms with Crippen LogP contribution in [0.15, 0.2) is 63.6 Å². The van der Waals surface area contributed by atoms with Crippen molar-refractivity contribution >= 4 is 5.97 Å². The highest BCUT2D eigenvalue weighted by atomic mass is 16.5. The zero-order chi connectivity index (χ0) is 16.1. The third-order valence-electron chi connectivity index (χ3n) is 3.52. The number of methoxy groups -OCH3 is 1. The molecule has 0 spiro atoms. The Labute approximate surface area is 133 Å². The number of hydrogen-bond donors (Lipinski definition) is 1. The molecule has 0 amide bonds. The molecule has 0 radical (unpaired) electrons. The number of benzene rings is 1. The van der Waals surface area contributed by atoms with Crippen molar-refractivity contribution in [3.05, 3.63) is 71.9 Å². The standard InChI is InChI=1S/C18H17NO4/c1-21-18(20)14-6-4-13(5-7-14)17-9-8-16(23-17)12-19-11-15-3-2-10-22-15/h2-10,19H,11-12H2,1H3/p+1. The van der Waals surface area contributed by atoms with Crippen LogP contribution in [-0.4, -0.2) is 13.1 Å². The first-order valence-electron chi connectivity index (χ1n) is 7.38. The molecule has 3 rings (SSSR count). The minimum absolute atomic E-state index is 0.343. The van der Waals surface area contributed by atoms with E-state index in [1.54, 1.807) is 18.4 Å². The summed E-state index contributed by atoms with van der Waals surface area (Å²) in [5.41, 5.74) is 1.45. The Balaban J connectivity index is 1.61. The molecule has 118 valence electrons. The van der Waals surface area contributed by atoms with Gasteiger partial charge in [-0.15, -0.1) is 0 Å². The van der Waals surface area contributed by atoms with Crippen LogP contribution in [0.4, 0.5) is 0 Å². The van der Waals surface area contributed by atoms with Gasteiger partial charge in [0.25, 0.3) is 0 Å². The van der Waals surface area contributed by atoms with E-state index < -0.39 is 0 Å². The van der Waals surface area contributed by atoms with Crippen LogP contribution in [0.3, 0.4) is 0 Å². The van der Waals surface area contributed by atoms with E-state index in [2.05, 4.69) is 10.1 Å². The van der Waals surface area contributed by atoms with Gasteiger partial charge in [0.15, 0.2) is 11.5 Å². The molecule has 3 aromatic rings. The van der Waals surface area contributed by atoms with Gasteiger partial charge in [-0.3, -0.25) is 0 Å². The monoisotopic (exact) mass is 312 g/mol. The molecule has 0 aliphatic rings. The molecule has 0 fully saturated rings. The Morgan fingerprint density at radius 2 is 1.83 bits per heavy atom. The molecule has 23 heavy (non-hydrogen) atoms. The van der Waals surface area contributed by atoms with Gasteiger partial charge in [-0.05, 0) is 36.4 Å². The fraction of sp³-hybridized carbons (Fsp3) is 0.167. The van der Waals surface area contributed by atoms with Crippen molar-refractivity contribution in [1.82, 2.24) is 0 Å². The lowest BCUT2D eigenvalue weighted by atomic mass is 10.1. The van der Waals surface area contributed by atoms with E-state index >= 15 is 0 Å². The summed E-state index contributed by atoms with van der Waals surface area (Å²) in [7, 11) is 1.37. The minimum atomic E-state index is -0.343. The van der Waals surface area contributed by atoms with Gasteiger partial charge in [-0.25, -0.2) is 4.79 Å². The molecular formula is C18H18NO4+.